The molecule has 9 heteroatoms. The first-order valence-electron chi connectivity index (χ1n) is 8.47. The van der Waals surface area contributed by atoms with Gasteiger partial charge in [0.25, 0.3) is 0 Å². The summed E-state index contributed by atoms with van der Waals surface area (Å²) in [4.78, 5) is 12.6. The number of thioether (sulfide) groups is 1. The van der Waals surface area contributed by atoms with Crippen LogP contribution >= 0.6 is 11.8 Å². The first kappa shape index (κ1) is 18.3. The molecule has 0 bridgehead atoms. The molecular formula is C17H19FN6OS. The predicted octanol–water partition coefficient (Wildman–Crippen LogP) is 2.62. The number of carbonyl (C=O) groups excluding carboxylic acids is 1. The Morgan fingerprint density at radius 3 is 2.88 bits per heavy atom. The normalized spacial score (nSPS) is 17.3. The molecule has 0 aliphatic heterocycles. The lowest BCUT2D eigenvalue weighted by molar-refractivity contribution is -0.121. The van der Waals surface area contributed by atoms with Gasteiger partial charge in [-0.3, -0.25) is 4.79 Å². The molecule has 26 heavy (non-hydrogen) atoms. The van der Waals surface area contributed by atoms with Gasteiger partial charge in [0.05, 0.1) is 17.0 Å². The van der Waals surface area contributed by atoms with E-state index in [4.69, 9.17) is 0 Å². The fourth-order valence-electron chi connectivity index (χ4n) is 2.99. The molecule has 1 aliphatic rings. The Morgan fingerprint density at radius 1 is 1.42 bits per heavy atom. The second-order valence-corrected chi connectivity index (χ2v) is 7.66. The second-order valence-electron chi connectivity index (χ2n) is 6.36. The van der Waals surface area contributed by atoms with Gasteiger partial charge >= 0.3 is 0 Å². The molecule has 7 nitrogen and oxygen atoms in total. The standard InChI is InChI=1S/C17H19FN6OS/c1-12(15(25)20-17(11-19)8-3-2-4-9-17)26-16-21-22-23-24(16)14-7-5-6-13(18)10-14/h5-7,10,12H,2-4,8-9H2,1H3,(H,20,25). The van der Waals surface area contributed by atoms with Gasteiger partial charge in [0, 0.05) is 0 Å². The van der Waals surface area contributed by atoms with Gasteiger partial charge in [-0.05, 0) is 48.4 Å². The van der Waals surface area contributed by atoms with Crippen molar-refractivity contribution in [2.75, 3.05) is 0 Å². The van der Waals surface area contributed by atoms with E-state index in [1.165, 1.54) is 28.6 Å². The molecule has 0 radical (unpaired) electrons. The largest absolute Gasteiger partial charge is 0.337 e. The van der Waals surface area contributed by atoms with E-state index in [-0.39, 0.29) is 5.91 Å². The molecule has 136 valence electrons. The highest BCUT2D eigenvalue weighted by atomic mass is 32.2. The Labute approximate surface area is 155 Å². The van der Waals surface area contributed by atoms with Crippen LogP contribution in [0.4, 0.5) is 4.39 Å². The molecule has 3 rings (SSSR count). The van der Waals surface area contributed by atoms with Gasteiger partial charge in [-0.15, -0.1) is 5.10 Å². The van der Waals surface area contributed by atoms with Crippen molar-refractivity contribution in [3.8, 4) is 11.8 Å². The summed E-state index contributed by atoms with van der Waals surface area (Å²) >= 11 is 1.17. The van der Waals surface area contributed by atoms with Crippen molar-refractivity contribution in [2.45, 2.75) is 55.0 Å². The molecule has 1 fully saturated rings. The Bertz CT molecular complexity index is 827. The van der Waals surface area contributed by atoms with Gasteiger partial charge in [0.2, 0.25) is 11.1 Å². The lowest BCUT2D eigenvalue weighted by Gasteiger charge is -2.32. The van der Waals surface area contributed by atoms with Crippen LogP contribution in [0.25, 0.3) is 5.69 Å². The molecule has 1 aliphatic carbocycles. The minimum Gasteiger partial charge on any atom is -0.337 e. The number of aromatic nitrogens is 4. The summed E-state index contributed by atoms with van der Waals surface area (Å²) in [6.45, 7) is 1.73. The first-order chi connectivity index (χ1) is 12.5. The molecule has 1 heterocycles. The summed E-state index contributed by atoms with van der Waals surface area (Å²) < 4.78 is 14.8. The van der Waals surface area contributed by atoms with E-state index in [2.05, 4.69) is 26.9 Å². The van der Waals surface area contributed by atoms with Crippen LogP contribution in [0.5, 0.6) is 0 Å². The number of amides is 1. The number of carbonyl (C=O) groups is 1. The number of benzene rings is 1. The Morgan fingerprint density at radius 2 is 2.19 bits per heavy atom. The second kappa shape index (κ2) is 7.83. The summed E-state index contributed by atoms with van der Waals surface area (Å²) in [6, 6.07) is 8.18. The van der Waals surface area contributed by atoms with Crippen molar-refractivity contribution in [3.05, 3.63) is 30.1 Å². The molecule has 1 unspecified atom stereocenters. The van der Waals surface area contributed by atoms with Crippen molar-refractivity contribution in [2.24, 2.45) is 0 Å². The lowest BCUT2D eigenvalue weighted by Crippen LogP contribution is -2.50. The monoisotopic (exact) mass is 374 g/mol. The van der Waals surface area contributed by atoms with Gasteiger partial charge in [-0.25, -0.2) is 4.39 Å². The van der Waals surface area contributed by atoms with Crippen LogP contribution in [-0.4, -0.2) is 36.9 Å². The number of nitrogens with zero attached hydrogens (tertiary/aromatic N) is 5. The number of hydrogen-bond acceptors (Lipinski definition) is 6. The molecule has 1 N–H and O–H groups in total. The van der Waals surface area contributed by atoms with E-state index >= 15 is 0 Å². The van der Waals surface area contributed by atoms with E-state index < -0.39 is 16.6 Å². The molecular weight excluding hydrogens is 355 g/mol. The summed E-state index contributed by atoms with van der Waals surface area (Å²) in [5.74, 6) is -0.625. The molecule has 1 aromatic heterocycles. The summed E-state index contributed by atoms with van der Waals surface area (Å²) in [5.41, 5.74) is -0.301. The van der Waals surface area contributed by atoms with Gasteiger partial charge < -0.3 is 5.32 Å². The van der Waals surface area contributed by atoms with Crippen molar-refractivity contribution < 1.29 is 9.18 Å². The third kappa shape index (κ3) is 4.02. The van der Waals surface area contributed by atoms with E-state index in [9.17, 15) is 14.4 Å². The topological polar surface area (TPSA) is 96.5 Å². The number of rotatable bonds is 5. The van der Waals surface area contributed by atoms with E-state index in [0.717, 1.165) is 19.3 Å². The van der Waals surface area contributed by atoms with Crippen LogP contribution in [0.15, 0.2) is 29.4 Å². The minimum atomic E-state index is -0.779. The zero-order valence-electron chi connectivity index (χ0n) is 14.4. The third-order valence-electron chi connectivity index (χ3n) is 4.43. The van der Waals surface area contributed by atoms with Crippen molar-refractivity contribution >= 4 is 17.7 Å². The number of tetrazole rings is 1. The smallest absolute Gasteiger partial charge is 0.234 e. The van der Waals surface area contributed by atoms with Gasteiger partial charge in [0.15, 0.2) is 0 Å². The molecule has 0 spiro atoms. The molecule has 1 aromatic carbocycles. The number of halogens is 1. The van der Waals surface area contributed by atoms with Gasteiger partial charge in [-0.2, -0.15) is 9.94 Å². The zero-order chi connectivity index (χ0) is 18.6. The highest BCUT2D eigenvalue weighted by Crippen LogP contribution is 2.29. The number of hydrogen-bond donors (Lipinski definition) is 1. The Hall–Kier alpha value is -2.47. The molecule has 1 saturated carbocycles. The maximum absolute atomic E-state index is 13.4. The average Bonchev–Trinajstić information content (AvgIpc) is 3.10. The molecule has 2 aromatic rings. The maximum atomic E-state index is 13.4. The fourth-order valence-corrected chi connectivity index (χ4v) is 3.80. The lowest BCUT2D eigenvalue weighted by atomic mass is 9.83. The molecule has 0 saturated heterocycles. The highest BCUT2D eigenvalue weighted by Gasteiger charge is 2.35. The summed E-state index contributed by atoms with van der Waals surface area (Å²) in [7, 11) is 0. The quantitative estimate of drug-likeness (QED) is 0.808. The Kier molecular flexibility index (Phi) is 5.52. The summed E-state index contributed by atoms with van der Waals surface area (Å²) in [5, 5.41) is 23.7. The third-order valence-corrected chi connectivity index (χ3v) is 5.46. The van der Waals surface area contributed by atoms with Crippen LogP contribution in [-0.2, 0) is 4.79 Å². The fraction of sp³-hybridized carbons (Fsp3) is 0.471. The van der Waals surface area contributed by atoms with E-state index in [0.29, 0.717) is 23.7 Å². The van der Waals surface area contributed by atoms with E-state index in [1.807, 2.05) is 0 Å². The summed E-state index contributed by atoms with van der Waals surface area (Å²) in [6.07, 6.45) is 4.31. The number of nitrogens with one attached hydrogen (secondary N) is 1. The zero-order valence-corrected chi connectivity index (χ0v) is 15.2. The van der Waals surface area contributed by atoms with Crippen molar-refractivity contribution in [1.29, 1.82) is 5.26 Å². The van der Waals surface area contributed by atoms with Crippen molar-refractivity contribution in [1.82, 2.24) is 25.5 Å². The van der Waals surface area contributed by atoms with Crippen LogP contribution in [0.1, 0.15) is 39.0 Å². The average molecular weight is 374 g/mol. The first-order valence-corrected chi connectivity index (χ1v) is 9.35. The minimum absolute atomic E-state index is 0.229. The van der Waals surface area contributed by atoms with Crippen LogP contribution in [0, 0.1) is 17.1 Å². The van der Waals surface area contributed by atoms with Crippen LogP contribution < -0.4 is 5.32 Å². The molecule has 1 amide bonds. The van der Waals surface area contributed by atoms with E-state index in [1.54, 1.807) is 19.1 Å². The Balaban J connectivity index is 1.71. The number of nitriles is 1. The van der Waals surface area contributed by atoms with Gasteiger partial charge in [-0.1, -0.05) is 37.1 Å². The van der Waals surface area contributed by atoms with Crippen molar-refractivity contribution in [3.63, 3.8) is 0 Å². The van der Waals surface area contributed by atoms with Crippen LogP contribution in [0.3, 0.4) is 0 Å². The highest BCUT2D eigenvalue weighted by molar-refractivity contribution is 8.00. The van der Waals surface area contributed by atoms with Crippen LogP contribution in [0.2, 0.25) is 0 Å². The maximum Gasteiger partial charge on any atom is 0.234 e. The van der Waals surface area contributed by atoms with Gasteiger partial charge in [0.1, 0.15) is 11.4 Å². The predicted molar refractivity (Wildman–Crippen MR) is 94.0 cm³/mol. The SMILES string of the molecule is CC(Sc1nnnn1-c1cccc(F)c1)C(=O)NC1(C#N)CCCCC1. The molecule has 1 atom stereocenters.